The summed E-state index contributed by atoms with van der Waals surface area (Å²) in [5, 5.41) is 2.86. The van der Waals surface area contributed by atoms with Crippen molar-refractivity contribution in [1.82, 2.24) is 9.80 Å². The van der Waals surface area contributed by atoms with Gasteiger partial charge in [0.15, 0.2) is 0 Å². The van der Waals surface area contributed by atoms with E-state index in [0.717, 1.165) is 19.6 Å². The van der Waals surface area contributed by atoms with Crippen LogP contribution in [0.3, 0.4) is 0 Å². The van der Waals surface area contributed by atoms with Crippen molar-refractivity contribution in [3.63, 3.8) is 0 Å². The fraction of sp³-hybridized carbons (Fsp3) is 0.185. The van der Waals surface area contributed by atoms with Gasteiger partial charge < -0.3 is 10.2 Å². The smallest absolute Gasteiger partial charge is 0.255 e. The monoisotopic (exact) mass is 425 g/mol. The van der Waals surface area contributed by atoms with Gasteiger partial charge in [-0.2, -0.15) is 0 Å². The Labute approximate surface area is 189 Å². The SMILES string of the molecule is O=C(Nc1ccc(C(=O)N2CCN(CC=Cc3ccccc3)CC2)cc1)c1ccccc1. The molecular weight excluding hydrogens is 398 g/mol. The molecule has 2 amide bonds. The zero-order valence-electron chi connectivity index (χ0n) is 18.0. The number of hydrogen-bond acceptors (Lipinski definition) is 3. The molecule has 3 aromatic carbocycles. The van der Waals surface area contributed by atoms with E-state index in [2.05, 4.69) is 34.5 Å². The fourth-order valence-corrected chi connectivity index (χ4v) is 3.71. The minimum atomic E-state index is -0.165. The van der Waals surface area contributed by atoms with Gasteiger partial charge in [-0.05, 0) is 42.0 Å². The highest BCUT2D eigenvalue weighted by Gasteiger charge is 2.21. The maximum atomic E-state index is 12.9. The van der Waals surface area contributed by atoms with Gasteiger partial charge in [-0.15, -0.1) is 0 Å². The van der Waals surface area contributed by atoms with Crippen LogP contribution in [0.4, 0.5) is 5.69 Å². The average Bonchev–Trinajstić information content (AvgIpc) is 2.86. The van der Waals surface area contributed by atoms with E-state index in [-0.39, 0.29) is 11.8 Å². The number of amides is 2. The summed E-state index contributed by atoms with van der Waals surface area (Å²) in [6.45, 7) is 4.02. The molecule has 0 unspecified atom stereocenters. The molecule has 5 heteroatoms. The second-order valence-electron chi connectivity index (χ2n) is 7.80. The molecule has 0 bridgehead atoms. The Morgan fingerprint density at radius 3 is 2.03 bits per heavy atom. The molecule has 1 heterocycles. The summed E-state index contributed by atoms with van der Waals surface area (Å²) < 4.78 is 0. The summed E-state index contributed by atoms with van der Waals surface area (Å²) in [5.74, 6) is -0.132. The number of carbonyl (C=O) groups excluding carboxylic acids is 2. The summed E-state index contributed by atoms with van der Waals surface area (Å²) in [7, 11) is 0. The highest BCUT2D eigenvalue weighted by Crippen LogP contribution is 2.14. The van der Waals surface area contributed by atoms with Crippen LogP contribution in [0.15, 0.2) is 91.0 Å². The van der Waals surface area contributed by atoms with Crippen LogP contribution in [0.5, 0.6) is 0 Å². The van der Waals surface area contributed by atoms with Crippen LogP contribution in [-0.4, -0.2) is 54.3 Å². The maximum absolute atomic E-state index is 12.9. The third-order valence-corrected chi connectivity index (χ3v) is 5.56. The van der Waals surface area contributed by atoms with Gasteiger partial charge in [0.1, 0.15) is 0 Å². The molecule has 0 saturated carbocycles. The van der Waals surface area contributed by atoms with Crippen LogP contribution < -0.4 is 5.32 Å². The average molecular weight is 426 g/mol. The molecule has 0 spiro atoms. The lowest BCUT2D eigenvalue weighted by Gasteiger charge is -2.34. The topological polar surface area (TPSA) is 52.7 Å². The van der Waals surface area contributed by atoms with E-state index in [0.29, 0.717) is 29.9 Å². The number of nitrogens with one attached hydrogen (secondary N) is 1. The summed E-state index contributed by atoms with van der Waals surface area (Å²) >= 11 is 0. The van der Waals surface area contributed by atoms with E-state index in [1.54, 1.807) is 36.4 Å². The van der Waals surface area contributed by atoms with Crippen molar-refractivity contribution in [3.05, 3.63) is 108 Å². The number of rotatable bonds is 6. The lowest BCUT2D eigenvalue weighted by molar-refractivity contribution is 0.0650. The maximum Gasteiger partial charge on any atom is 0.255 e. The molecule has 1 fully saturated rings. The normalized spacial score (nSPS) is 14.4. The van der Waals surface area contributed by atoms with Crippen molar-refractivity contribution >= 4 is 23.6 Å². The highest BCUT2D eigenvalue weighted by atomic mass is 16.2. The third-order valence-electron chi connectivity index (χ3n) is 5.56. The molecule has 162 valence electrons. The first-order chi connectivity index (χ1) is 15.7. The molecule has 0 aromatic heterocycles. The molecular formula is C27H27N3O2. The molecule has 1 aliphatic heterocycles. The van der Waals surface area contributed by atoms with Crippen molar-refractivity contribution in [2.45, 2.75) is 0 Å². The summed E-state index contributed by atoms with van der Waals surface area (Å²) in [6, 6.07) is 26.4. The van der Waals surface area contributed by atoms with Crippen LogP contribution in [0, 0.1) is 0 Å². The lowest BCUT2D eigenvalue weighted by Crippen LogP contribution is -2.48. The van der Waals surface area contributed by atoms with Crippen LogP contribution in [-0.2, 0) is 0 Å². The molecule has 4 rings (SSSR count). The minimum Gasteiger partial charge on any atom is -0.336 e. The van der Waals surface area contributed by atoms with Crippen LogP contribution >= 0.6 is 0 Å². The van der Waals surface area contributed by atoms with Crippen LogP contribution in [0.1, 0.15) is 26.3 Å². The quantitative estimate of drug-likeness (QED) is 0.637. The highest BCUT2D eigenvalue weighted by molar-refractivity contribution is 6.04. The zero-order valence-corrected chi connectivity index (χ0v) is 18.0. The Bertz CT molecular complexity index is 1060. The number of anilines is 1. The third kappa shape index (κ3) is 5.71. The fourth-order valence-electron chi connectivity index (χ4n) is 3.71. The van der Waals surface area contributed by atoms with Crippen LogP contribution in [0.2, 0.25) is 0 Å². The number of hydrogen-bond donors (Lipinski definition) is 1. The standard InChI is InChI=1S/C27H27N3O2/c31-26(23-11-5-2-6-12-23)28-25-15-13-24(14-16-25)27(32)30-20-18-29(19-21-30)17-7-10-22-8-3-1-4-9-22/h1-16H,17-21H2,(H,28,31). The first-order valence-corrected chi connectivity index (χ1v) is 10.9. The Balaban J connectivity index is 1.26. The predicted octanol–water partition coefficient (Wildman–Crippen LogP) is 4.41. The molecule has 1 saturated heterocycles. The van der Waals surface area contributed by atoms with Crippen LogP contribution in [0.25, 0.3) is 6.08 Å². The first kappa shape index (κ1) is 21.5. The second-order valence-corrected chi connectivity index (χ2v) is 7.80. The predicted molar refractivity (Wildman–Crippen MR) is 129 cm³/mol. The number of piperazine rings is 1. The van der Waals surface area contributed by atoms with Gasteiger partial charge in [0.25, 0.3) is 11.8 Å². The molecule has 1 aliphatic rings. The molecule has 0 radical (unpaired) electrons. The molecule has 0 aliphatic carbocycles. The van der Waals surface area contributed by atoms with E-state index in [4.69, 9.17) is 0 Å². The molecule has 0 atom stereocenters. The first-order valence-electron chi connectivity index (χ1n) is 10.9. The zero-order chi connectivity index (χ0) is 22.2. The Morgan fingerprint density at radius 2 is 1.38 bits per heavy atom. The van der Waals surface area contributed by atoms with E-state index in [1.807, 2.05) is 41.3 Å². The van der Waals surface area contributed by atoms with Gasteiger partial charge in [-0.25, -0.2) is 0 Å². The van der Waals surface area contributed by atoms with Crippen molar-refractivity contribution < 1.29 is 9.59 Å². The van der Waals surface area contributed by atoms with Gasteiger partial charge >= 0.3 is 0 Å². The lowest BCUT2D eigenvalue weighted by atomic mass is 10.1. The Hall–Kier alpha value is -3.70. The Morgan fingerprint density at radius 1 is 0.750 bits per heavy atom. The van der Waals surface area contributed by atoms with E-state index >= 15 is 0 Å². The van der Waals surface area contributed by atoms with Gasteiger partial charge in [0.05, 0.1) is 0 Å². The van der Waals surface area contributed by atoms with Gasteiger partial charge in [-0.1, -0.05) is 60.7 Å². The minimum absolute atomic E-state index is 0.0328. The second kappa shape index (κ2) is 10.6. The summed E-state index contributed by atoms with van der Waals surface area (Å²) in [4.78, 5) is 29.4. The molecule has 32 heavy (non-hydrogen) atoms. The van der Waals surface area contributed by atoms with Gasteiger partial charge in [0, 0.05) is 49.5 Å². The Kier molecular flexibility index (Phi) is 7.10. The number of carbonyl (C=O) groups is 2. The van der Waals surface area contributed by atoms with E-state index in [1.165, 1.54) is 5.56 Å². The summed E-state index contributed by atoms with van der Waals surface area (Å²) in [6.07, 6.45) is 4.31. The van der Waals surface area contributed by atoms with Crippen molar-refractivity contribution in [2.75, 3.05) is 38.0 Å². The molecule has 3 aromatic rings. The van der Waals surface area contributed by atoms with E-state index in [9.17, 15) is 9.59 Å². The van der Waals surface area contributed by atoms with Crippen molar-refractivity contribution in [3.8, 4) is 0 Å². The summed E-state index contributed by atoms with van der Waals surface area (Å²) in [5.41, 5.74) is 3.11. The van der Waals surface area contributed by atoms with Gasteiger partial charge in [0.2, 0.25) is 0 Å². The van der Waals surface area contributed by atoms with Crippen molar-refractivity contribution in [2.24, 2.45) is 0 Å². The van der Waals surface area contributed by atoms with Crippen molar-refractivity contribution in [1.29, 1.82) is 0 Å². The van der Waals surface area contributed by atoms with E-state index < -0.39 is 0 Å². The number of nitrogens with zero attached hydrogens (tertiary/aromatic N) is 2. The largest absolute Gasteiger partial charge is 0.336 e. The molecule has 5 nitrogen and oxygen atoms in total. The molecule has 1 N–H and O–H groups in total. The number of benzene rings is 3. The van der Waals surface area contributed by atoms with Gasteiger partial charge in [-0.3, -0.25) is 14.5 Å².